The van der Waals surface area contributed by atoms with E-state index in [0.717, 1.165) is 39.1 Å². The molecule has 0 spiro atoms. The molecular formula is C21H24N6O2. The largest absolute Gasteiger partial charge is 0.497 e. The maximum absolute atomic E-state index is 9.70. The number of rotatable bonds is 4. The van der Waals surface area contributed by atoms with Crippen LogP contribution in [0.15, 0.2) is 46.6 Å². The molecule has 0 saturated carbocycles. The molecule has 3 aromatic heterocycles. The normalized spacial score (nSPS) is 13.2. The molecule has 4 aromatic rings. The number of hydrogen-bond acceptors (Lipinski definition) is 4. The molecule has 8 heteroatoms. The van der Waals surface area contributed by atoms with Crippen molar-refractivity contribution in [3.8, 4) is 17.0 Å². The Morgan fingerprint density at radius 3 is 2.72 bits per heavy atom. The van der Waals surface area contributed by atoms with Crippen LogP contribution in [0.25, 0.3) is 33.3 Å². The van der Waals surface area contributed by atoms with E-state index >= 15 is 0 Å². The van der Waals surface area contributed by atoms with E-state index in [-0.39, 0.29) is 0 Å². The van der Waals surface area contributed by atoms with Gasteiger partial charge in [0.25, 0.3) is 0 Å². The molecule has 1 aromatic carbocycles. The maximum Gasteiger partial charge on any atom is 0.154 e. The van der Waals surface area contributed by atoms with Crippen molar-refractivity contribution in [3.05, 3.63) is 42.1 Å². The zero-order chi connectivity index (χ0) is 20.8. The van der Waals surface area contributed by atoms with Crippen LogP contribution in [0.1, 0.15) is 13.8 Å². The summed E-state index contributed by atoms with van der Waals surface area (Å²) in [7, 11) is 5.62. The van der Waals surface area contributed by atoms with Crippen LogP contribution in [0, 0.1) is 0 Å². The van der Waals surface area contributed by atoms with E-state index in [1.165, 1.54) is 6.34 Å². The molecule has 0 fully saturated rings. The number of hydrogen-bond donors (Lipinski definition) is 2. The van der Waals surface area contributed by atoms with Gasteiger partial charge in [0.05, 0.1) is 24.5 Å². The third-order valence-corrected chi connectivity index (χ3v) is 4.84. The highest BCUT2D eigenvalue weighted by atomic mass is 16.5. The average molecular weight is 392 g/mol. The fourth-order valence-corrected chi connectivity index (χ4v) is 3.33. The average Bonchev–Trinajstić information content (AvgIpc) is 3.24. The molecule has 8 nitrogen and oxygen atoms in total. The maximum atomic E-state index is 9.70. The van der Waals surface area contributed by atoms with Gasteiger partial charge in [-0.25, -0.2) is 15.0 Å². The van der Waals surface area contributed by atoms with Crippen LogP contribution in [0.5, 0.6) is 5.75 Å². The summed E-state index contributed by atoms with van der Waals surface area (Å²) in [6, 6.07) is 8.11. The number of aromatic nitrogens is 4. The standard InChI is InChI=1S/C21H24N6O2/c1-21(2,28)24-12-23-19-10-22-20-18(27(19)4)9-16(25-20)15-11-26(3)17-7-6-13(29-5)8-14(15)17/h6-12,25,28H,1-5H3. The molecule has 29 heavy (non-hydrogen) atoms. The van der Waals surface area contributed by atoms with Gasteiger partial charge in [-0.1, -0.05) is 0 Å². The second-order valence-electron chi connectivity index (χ2n) is 7.50. The lowest BCUT2D eigenvalue weighted by Gasteiger charge is -2.08. The highest BCUT2D eigenvalue weighted by Crippen LogP contribution is 2.33. The number of nitrogens with zero attached hydrogens (tertiary/aromatic N) is 5. The number of aliphatic hydroxyl groups is 1. The van der Waals surface area contributed by atoms with Crippen LogP contribution in [-0.2, 0) is 14.1 Å². The van der Waals surface area contributed by atoms with Gasteiger partial charge >= 0.3 is 0 Å². The minimum Gasteiger partial charge on any atom is -0.497 e. The van der Waals surface area contributed by atoms with E-state index in [1.807, 2.05) is 30.8 Å². The summed E-state index contributed by atoms with van der Waals surface area (Å²) in [6.07, 6.45) is 5.12. The van der Waals surface area contributed by atoms with Gasteiger partial charge in [-0.3, -0.25) is 0 Å². The summed E-state index contributed by atoms with van der Waals surface area (Å²) in [5.41, 5.74) is 4.31. The minimum atomic E-state index is -1.16. The Balaban J connectivity index is 1.85. The smallest absolute Gasteiger partial charge is 0.154 e. The van der Waals surface area contributed by atoms with E-state index < -0.39 is 5.72 Å². The summed E-state index contributed by atoms with van der Waals surface area (Å²) < 4.78 is 9.43. The predicted molar refractivity (Wildman–Crippen MR) is 114 cm³/mol. The first-order valence-corrected chi connectivity index (χ1v) is 9.25. The number of H-pyrrole nitrogens is 1. The fraction of sp³-hybridized carbons (Fsp3) is 0.286. The highest BCUT2D eigenvalue weighted by Gasteiger charge is 2.13. The first-order chi connectivity index (χ1) is 13.8. The van der Waals surface area contributed by atoms with Crippen molar-refractivity contribution in [3.63, 3.8) is 0 Å². The number of benzene rings is 1. The molecule has 0 aliphatic rings. The van der Waals surface area contributed by atoms with Gasteiger partial charge in [0.1, 0.15) is 12.1 Å². The third kappa shape index (κ3) is 3.54. The Morgan fingerprint density at radius 1 is 1.21 bits per heavy atom. The Morgan fingerprint density at radius 2 is 2.00 bits per heavy atom. The Bertz CT molecular complexity index is 1300. The lowest BCUT2D eigenvalue weighted by molar-refractivity contribution is 0.0913. The zero-order valence-corrected chi connectivity index (χ0v) is 17.1. The number of fused-ring (bicyclic) bond motifs is 2. The summed E-state index contributed by atoms with van der Waals surface area (Å²) in [5, 5.41) is 10.8. The van der Waals surface area contributed by atoms with Gasteiger partial charge in [-0.2, -0.15) is 0 Å². The van der Waals surface area contributed by atoms with Crippen LogP contribution in [-0.4, -0.2) is 43.4 Å². The molecule has 0 atom stereocenters. The number of methoxy groups -OCH3 is 1. The SMILES string of the molecule is COc1ccc2c(c1)c(-c1cc3c(ncc(=NC=NC(C)(C)O)n3C)[nH]1)cn2C. The number of aromatic amines is 1. The molecule has 0 unspecified atom stereocenters. The quantitative estimate of drug-likeness (QED) is 0.413. The molecule has 150 valence electrons. The summed E-state index contributed by atoms with van der Waals surface area (Å²) in [4.78, 5) is 16.2. The first-order valence-electron chi connectivity index (χ1n) is 9.25. The van der Waals surface area contributed by atoms with E-state index in [4.69, 9.17) is 4.74 Å². The molecule has 0 aliphatic heterocycles. The zero-order valence-electron chi connectivity index (χ0n) is 17.1. The molecule has 0 aliphatic carbocycles. The molecule has 0 amide bonds. The van der Waals surface area contributed by atoms with Crippen molar-refractivity contribution in [1.29, 1.82) is 0 Å². The van der Waals surface area contributed by atoms with Crippen molar-refractivity contribution >= 4 is 28.4 Å². The Hall–Kier alpha value is -3.39. The van der Waals surface area contributed by atoms with Gasteiger partial charge in [-0.15, -0.1) is 0 Å². The summed E-state index contributed by atoms with van der Waals surface area (Å²) in [5.74, 6) is 0.817. The van der Waals surface area contributed by atoms with Gasteiger partial charge in [0.2, 0.25) is 0 Å². The molecule has 2 N–H and O–H groups in total. The first kappa shape index (κ1) is 18.9. The third-order valence-electron chi connectivity index (χ3n) is 4.84. The van der Waals surface area contributed by atoms with Gasteiger partial charge in [-0.05, 0) is 38.1 Å². The molecule has 0 radical (unpaired) electrons. The highest BCUT2D eigenvalue weighted by molar-refractivity contribution is 5.98. The van der Waals surface area contributed by atoms with E-state index in [1.54, 1.807) is 27.2 Å². The van der Waals surface area contributed by atoms with E-state index in [0.29, 0.717) is 5.49 Å². The second-order valence-corrected chi connectivity index (χ2v) is 7.50. The van der Waals surface area contributed by atoms with Crippen LogP contribution < -0.4 is 10.2 Å². The fourth-order valence-electron chi connectivity index (χ4n) is 3.33. The van der Waals surface area contributed by atoms with Gasteiger partial charge in [0.15, 0.2) is 16.9 Å². The minimum absolute atomic E-state index is 0.635. The second kappa shape index (κ2) is 6.89. The predicted octanol–water partition coefficient (Wildman–Crippen LogP) is 2.73. The lowest BCUT2D eigenvalue weighted by atomic mass is 10.1. The van der Waals surface area contributed by atoms with E-state index in [9.17, 15) is 5.11 Å². The number of aryl methyl sites for hydroxylation is 2. The van der Waals surface area contributed by atoms with Gasteiger partial charge in [0, 0.05) is 36.8 Å². The molecule has 4 rings (SSSR count). The molecular weight excluding hydrogens is 368 g/mol. The van der Waals surface area contributed by atoms with Crippen LogP contribution >= 0.6 is 0 Å². The monoisotopic (exact) mass is 392 g/mol. The van der Waals surface area contributed by atoms with Crippen molar-refractivity contribution in [2.24, 2.45) is 24.1 Å². The summed E-state index contributed by atoms with van der Waals surface area (Å²) >= 11 is 0. The van der Waals surface area contributed by atoms with Crippen molar-refractivity contribution in [1.82, 2.24) is 19.1 Å². The summed E-state index contributed by atoms with van der Waals surface area (Å²) in [6.45, 7) is 3.19. The molecule has 0 saturated heterocycles. The topological polar surface area (TPSA) is 92.7 Å². The number of aliphatic imine (C=N–C) groups is 1. The van der Waals surface area contributed by atoms with Crippen molar-refractivity contribution in [2.45, 2.75) is 19.6 Å². The van der Waals surface area contributed by atoms with Crippen LogP contribution in [0.4, 0.5) is 0 Å². The van der Waals surface area contributed by atoms with Crippen molar-refractivity contribution < 1.29 is 9.84 Å². The lowest BCUT2D eigenvalue weighted by Crippen LogP contribution is -2.19. The Kier molecular flexibility index (Phi) is 4.50. The van der Waals surface area contributed by atoms with Crippen LogP contribution in [0.2, 0.25) is 0 Å². The van der Waals surface area contributed by atoms with Crippen LogP contribution in [0.3, 0.4) is 0 Å². The van der Waals surface area contributed by atoms with Gasteiger partial charge < -0.3 is 24.0 Å². The Labute approximate surface area is 167 Å². The van der Waals surface area contributed by atoms with Crippen molar-refractivity contribution in [2.75, 3.05) is 7.11 Å². The van der Waals surface area contributed by atoms with E-state index in [2.05, 4.69) is 42.8 Å². The molecule has 0 bridgehead atoms. The molecule has 3 heterocycles. The number of nitrogens with one attached hydrogen (secondary N) is 1. The number of ether oxygens (including phenoxy) is 1.